The van der Waals surface area contributed by atoms with E-state index in [1.165, 1.54) is 18.4 Å². The fraction of sp³-hybridized carbons (Fsp3) is 0.450. The number of nitro groups is 1. The van der Waals surface area contributed by atoms with Gasteiger partial charge in [0.15, 0.2) is 0 Å². The topological polar surface area (TPSA) is 89.8 Å². The maximum absolute atomic E-state index is 11.7. The normalized spacial score (nSPS) is 16.6. The van der Waals surface area contributed by atoms with Crippen molar-refractivity contribution in [2.45, 2.75) is 47.0 Å². The number of hydrogen-bond acceptors (Lipinski definition) is 6. The highest BCUT2D eigenvalue weighted by atomic mass is 16.6. The molecular formula is C20H26N2O5. The monoisotopic (exact) mass is 374 g/mol. The van der Waals surface area contributed by atoms with Crippen LogP contribution in [0.2, 0.25) is 0 Å². The van der Waals surface area contributed by atoms with Crippen LogP contribution in [-0.2, 0) is 9.59 Å². The molecular weight excluding hydrogens is 348 g/mol. The van der Waals surface area contributed by atoms with E-state index < -0.39 is 0 Å². The molecule has 1 aromatic carbocycles. The average molecular weight is 374 g/mol. The molecule has 1 aliphatic rings. The Morgan fingerprint density at radius 3 is 2.19 bits per heavy atom. The molecule has 7 heteroatoms. The van der Waals surface area contributed by atoms with Gasteiger partial charge in [-0.3, -0.25) is 10.1 Å². The van der Waals surface area contributed by atoms with Gasteiger partial charge in [0.05, 0.1) is 18.1 Å². The van der Waals surface area contributed by atoms with Gasteiger partial charge in [-0.25, -0.2) is 0 Å². The first-order valence-electron chi connectivity index (χ1n) is 8.59. The fourth-order valence-corrected chi connectivity index (χ4v) is 3.60. The number of aryl methyl sites for hydroxylation is 1. The van der Waals surface area contributed by atoms with Gasteiger partial charge in [0.25, 0.3) is 5.69 Å². The Morgan fingerprint density at radius 1 is 1.19 bits per heavy atom. The lowest BCUT2D eigenvalue weighted by atomic mass is 9.78. The molecule has 0 aliphatic carbocycles. The molecule has 1 aliphatic heterocycles. The zero-order valence-electron chi connectivity index (χ0n) is 16.9. The van der Waals surface area contributed by atoms with E-state index >= 15 is 0 Å². The molecule has 1 unspecified atom stereocenters. The second-order valence-electron chi connectivity index (χ2n) is 6.45. The summed E-state index contributed by atoms with van der Waals surface area (Å²) in [7, 11) is 3.59. The van der Waals surface area contributed by atoms with E-state index in [1.807, 2.05) is 20.0 Å². The predicted molar refractivity (Wildman–Crippen MR) is 101 cm³/mol. The molecule has 1 heterocycles. The van der Waals surface area contributed by atoms with Crippen LogP contribution in [-0.4, -0.2) is 30.1 Å². The van der Waals surface area contributed by atoms with Crippen molar-refractivity contribution >= 4 is 11.8 Å². The Bertz CT molecular complexity index is 833. The van der Waals surface area contributed by atoms with Gasteiger partial charge >= 0.3 is 6.15 Å². The smallest absolute Gasteiger partial charge is 0.373 e. The number of ether oxygens (including phenoxy) is 1. The molecule has 0 N–H and O–H groups in total. The molecule has 146 valence electrons. The SMILES string of the molecule is CCC1=C(C)N(C)C(C)=C(C)C1c1cc(C)c(OC)cc1[N+](=O)[O-].O=C=O. The van der Waals surface area contributed by atoms with Crippen LogP contribution in [0.4, 0.5) is 5.69 Å². The summed E-state index contributed by atoms with van der Waals surface area (Å²) in [5, 5.41) is 11.7. The first kappa shape index (κ1) is 22.1. The molecule has 0 amide bonds. The Kier molecular flexibility index (Phi) is 7.49. The summed E-state index contributed by atoms with van der Waals surface area (Å²) in [5.41, 5.74) is 6.50. The summed E-state index contributed by atoms with van der Waals surface area (Å²) in [6, 6.07) is 3.46. The summed E-state index contributed by atoms with van der Waals surface area (Å²) in [6.45, 7) is 10.3. The Labute approximate surface area is 159 Å². The molecule has 0 aromatic heterocycles. The average Bonchev–Trinajstić information content (AvgIpc) is 2.63. The molecule has 0 fully saturated rings. The van der Waals surface area contributed by atoms with Crippen LogP contribution in [0.5, 0.6) is 5.75 Å². The number of nitrogens with zero attached hydrogens (tertiary/aromatic N) is 2. The zero-order valence-corrected chi connectivity index (χ0v) is 16.9. The Morgan fingerprint density at radius 2 is 1.74 bits per heavy atom. The largest absolute Gasteiger partial charge is 0.496 e. The lowest BCUT2D eigenvalue weighted by molar-refractivity contribution is -0.385. The van der Waals surface area contributed by atoms with Gasteiger partial charge in [-0.15, -0.1) is 0 Å². The van der Waals surface area contributed by atoms with E-state index in [2.05, 4.69) is 32.6 Å². The number of rotatable bonds is 4. The first-order chi connectivity index (χ1) is 12.7. The fourth-order valence-electron chi connectivity index (χ4n) is 3.60. The number of nitro benzene ring substituents is 1. The van der Waals surface area contributed by atoms with Crippen LogP contribution >= 0.6 is 0 Å². The number of allylic oxidation sites excluding steroid dienone is 4. The van der Waals surface area contributed by atoms with Gasteiger partial charge in [-0.2, -0.15) is 9.59 Å². The molecule has 1 aromatic rings. The molecule has 0 bridgehead atoms. The predicted octanol–water partition coefficient (Wildman–Crippen LogP) is 4.34. The third kappa shape index (κ3) is 4.26. The van der Waals surface area contributed by atoms with Crippen molar-refractivity contribution in [1.82, 2.24) is 4.90 Å². The maximum Gasteiger partial charge on any atom is 0.373 e. The molecule has 27 heavy (non-hydrogen) atoms. The van der Waals surface area contributed by atoms with Crippen molar-refractivity contribution in [2.75, 3.05) is 14.2 Å². The van der Waals surface area contributed by atoms with Crippen molar-refractivity contribution in [2.24, 2.45) is 0 Å². The maximum atomic E-state index is 11.7. The van der Waals surface area contributed by atoms with E-state index in [4.69, 9.17) is 14.3 Å². The molecule has 0 saturated carbocycles. The van der Waals surface area contributed by atoms with Crippen LogP contribution in [0.1, 0.15) is 51.2 Å². The van der Waals surface area contributed by atoms with Crippen LogP contribution < -0.4 is 4.74 Å². The molecule has 2 rings (SSSR count). The van der Waals surface area contributed by atoms with E-state index in [0.717, 1.165) is 28.8 Å². The number of benzene rings is 1. The standard InChI is InChI=1S/C19H26N2O3.CO2/c1-8-15-14(5)20(6)13(4)12(3)19(15)16-9-11(2)18(24-7)10-17(16)21(22)23;2-1-3/h9-10,19H,8H2,1-7H3;. The van der Waals surface area contributed by atoms with Crippen molar-refractivity contribution in [3.8, 4) is 5.75 Å². The minimum atomic E-state index is -0.305. The van der Waals surface area contributed by atoms with E-state index in [1.54, 1.807) is 6.07 Å². The van der Waals surface area contributed by atoms with Crippen LogP contribution in [0.25, 0.3) is 0 Å². The zero-order chi connectivity index (χ0) is 20.9. The van der Waals surface area contributed by atoms with Gasteiger partial charge in [0.1, 0.15) is 5.75 Å². The van der Waals surface area contributed by atoms with Gasteiger partial charge in [0.2, 0.25) is 0 Å². The minimum absolute atomic E-state index is 0.0591. The minimum Gasteiger partial charge on any atom is -0.496 e. The van der Waals surface area contributed by atoms with Crippen LogP contribution in [0.3, 0.4) is 0 Å². The Balaban J connectivity index is 0.00000114. The van der Waals surface area contributed by atoms with Crippen LogP contribution in [0, 0.1) is 17.0 Å². The molecule has 7 nitrogen and oxygen atoms in total. The van der Waals surface area contributed by atoms with Gasteiger partial charge in [-0.1, -0.05) is 6.92 Å². The molecule has 0 radical (unpaired) electrons. The Hall–Kier alpha value is -2.92. The summed E-state index contributed by atoms with van der Waals surface area (Å²) in [5.74, 6) is 0.492. The highest BCUT2D eigenvalue weighted by molar-refractivity contribution is 5.58. The van der Waals surface area contributed by atoms with E-state index in [9.17, 15) is 10.1 Å². The van der Waals surface area contributed by atoms with Gasteiger partial charge < -0.3 is 9.64 Å². The summed E-state index contributed by atoms with van der Waals surface area (Å²) >= 11 is 0. The van der Waals surface area contributed by atoms with Gasteiger partial charge in [-0.05, 0) is 56.9 Å². The number of methoxy groups -OCH3 is 1. The molecule has 0 saturated heterocycles. The summed E-state index contributed by atoms with van der Waals surface area (Å²) < 4.78 is 5.28. The molecule has 1 atom stereocenters. The number of carbonyl (C=O) groups excluding carboxylic acids is 2. The summed E-state index contributed by atoms with van der Waals surface area (Å²) in [4.78, 5) is 29.8. The third-order valence-electron chi connectivity index (χ3n) is 5.26. The van der Waals surface area contributed by atoms with Crippen molar-refractivity contribution in [3.63, 3.8) is 0 Å². The van der Waals surface area contributed by atoms with Crippen molar-refractivity contribution in [3.05, 3.63) is 55.9 Å². The van der Waals surface area contributed by atoms with E-state index in [0.29, 0.717) is 5.75 Å². The first-order valence-corrected chi connectivity index (χ1v) is 8.59. The van der Waals surface area contributed by atoms with Crippen molar-refractivity contribution < 1.29 is 19.2 Å². The highest BCUT2D eigenvalue weighted by Crippen LogP contribution is 2.46. The highest BCUT2D eigenvalue weighted by Gasteiger charge is 2.33. The lowest BCUT2D eigenvalue weighted by Gasteiger charge is -2.36. The lowest BCUT2D eigenvalue weighted by Crippen LogP contribution is -2.26. The quantitative estimate of drug-likeness (QED) is 0.575. The number of hydrogen-bond donors (Lipinski definition) is 0. The summed E-state index contributed by atoms with van der Waals surface area (Å²) in [6.07, 6.45) is 1.10. The van der Waals surface area contributed by atoms with Crippen molar-refractivity contribution in [1.29, 1.82) is 0 Å². The van der Waals surface area contributed by atoms with E-state index in [-0.39, 0.29) is 22.7 Å². The second-order valence-corrected chi connectivity index (χ2v) is 6.45. The molecule has 0 spiro atoms. The van der Waals surface area contributed by atoms with Crippen LogP contribution in [0.15, 0.2) is 34.7 Å². The third-order valence-corrected chi connectivity index (χ3v) is 5.26. The van der Waals surface area contributed by atoms with Gasteiger partial charge in [0, 0.05) is 29.9 Å². The second kappa shape index (κ2) is 9.14.